The number of carbonyl (C=O) groups excluding carboxylic acids is 1. The van der Waals surface area contributed by atoms with Crippen molar-refractivity contribution in [1.29, 1.82) is 0 Å². The predicted molar refractivity (Wildman–Crippen MR) is 94.5 cm³/mol. The standard InChI is InChI=1S/C19H21NO2.ClH/c1-22-17-9-10-18-15(11-17)7-8-16(19(18)21)13-20-12-14-5-3-2-4-6-14;/h2-6,9-11,16,20H,7-8,12-13H2,1H3;1H. The van der Waals surface area contributed by atoms with Crippen LogP contribution in [0.3, 0.4) is 0 Å². The van der Waals surface area contributed by atoms with Gasteiger partial charge in [0.15, 0.2) is 5.78 Å². The van der Waals surface area contributed by atoms with Crippen LogP contribution in [-0.4, -0.2) is 19.4 Å². The number of halogens is 1. The average Bonchev–Trinajstić information content (AvgIpc) is 2.57. The lowest BCUT2D eigenvalue weighted by molar-refractivity contribution is 0.0900. The number of methoxy groups -OCH3 is 1. The Morgan fingerprint density at radius 1 is 1.17 bits per heavy atom. The summed E-state index contributed by atoms with van der Waals surface area (Å²) in [7, 11) is 1.66. The van der Waals surface area contributed by atoms with Gasteiger partial charge in [-0.2, -0.15) is 0 Å². The number of ether oxygens (including phenoxy) is 1. The molecule has 0 bridgehead atoms. The van der Waals surface area contributed by atoms with Gasteiger partial charge in [-0.25, -0.2) is 0 Å². The largest absolute Gasteiger partial charge is 0.497 e. The molecule has 1 unspecified atom stereocenters. The maximum absolute atomic E-state index is 12.6. The maximum atomic E-state index is 12.6. The van der Waals surface area contributed by atoms with Crippen LogP contribution in [0.1, 0.15) is 27.9 Å². The van der Waals surface area contributed by atoms with Crippen LogP contribution in [0.5, 0.6) is 5.75 Å². The number of ketones is 1. The van der Waals surface area contributed by atoms with Gasteiger partial charge in [0, 0.05) is 24.6 Å². The zero-order valence-electron chi connectivity index (χ0n) is 13.2. The van der Waals surface area contributed by atoms with Gasteiger partial charge >= 0.3 is 0 Å². The SMILES string of the molecule is COc1ccc2c(c1)CCC(CNCc1ccccc1)C2=O.Cl. The number of Topliss-reactive ketones (excluding diaryl/α,β-unsaturated/α-hetero) is 1. The minimum Gasteiger partial charge on any atom is -0.497 e. The molecule has 0 aliphatic heterocycles. The Kier molecular flexibility index (Phi) is 6.20. The molecule has 0 heterocycles. The van der Waals surface area contributed by atoms with Gasteiger partial charge in [0.25, 0.3) is 0 Å². The number of benzene rings is 2. The summed E-state index contributed by atoms with van der Waals surface area (Å²) in [6.45, 7) is 1.54. The normalized spacial score (nSPS) is 16.4. The van der Waals surface area contributed by atoms with Gasteiger partial charge < -0.3 is 10.1 Å². The molecule has 4 heteroatoms. The highest BCUT2D eigenvalue weighted by Crippen LogP contribution is 2.28. The summed E-state index contributed by atoms with van der Waals surface area (Å²) in [5.74, 6) is 1.15. The fourth-order valence-electron chi connectivity index (χ4n) is 3.01. The second-order valence-corrected chi connectivity index (χ2v) is 5.74. The summed E-state index contributed by atoms with van der Waals surface area (Å²) in [6, 6.07) is 16.0. The Morgan fingerprint density at radius 2 is 1.96 bits per heavy atom. The Morgan fingerprint density at radius 3 is 2.70 bits per heavy atom. The van der Waals surface area contributed by atoms with Crippen molar-refractivity contribution in [2.75, 3.05) is 13.7 Å². The zero-order chi connectivity index (χ0) is 15.4. The van der Waals surface area contributed by atoms with Crippen LogP contribution in [0, 0.1) is 5.92 Å². The van der Waals surface area contributed by atoms with Gasteiger partial charge in [0.2, 0.25) is 0 Å². The fraction of sp³-hybridized carbons (Fsp3) is 0.316. The number of aryl methyl sites for hydroxylation is 1. The van der Waals surface area contributed by atoms with Gasteiger partial charge in [-0.05, 0) is 42.2 Å². The highest BCUT2D eigenvalue weighted by molar-refractivity contribution is 6.00. The molecule has 3 rings (SSSR count). The van der Waals surface area contributed by atoms with Crippen molar-refractivity contribution in [3.05, 3.63) is 65.2 Å². The minimum absolute atomic E-state index is 0. The lowest BCUT2D eigenvalue weighted by Crippen LogP contribution is -2.32. The van der Waals surface area contributed by atoms with E-state index in [1.807, 2.05) is 36.4 Å². The third-order valence-corrected chi connectivity index (χ3v) is 4.27. The first-order valence-electron chi connectivity index (χ1n) is 7.73. The molecule has 0 amide bonds. The van der Waals surface area contributed by atoms with E-state index in [-0.39, 0.29) is 24.1 Å². The van der Waals surface area contributed by atoms with Gasteiger partial charge in [-0.1, -0.05) is 30.3 Å². The summed E-state index contributed by atoms with van der Waals surface area (Å²) in [5, 5.41) is 3.41. The van der Waals surface area contributed by atoms with Crippen LogP contribution >= 0.6 is 12.4 Å². The Bertz CT molecular complexity index is 658. The van der Waals surface area contributed by atoms with E-state index in [0.29, 0.717) is 0 Å². The molecule has 0 saturated heterocycles. The molecule has 0 radical (unpaired) electrons. The van der Waals surface area contributed by atoms with E-state index in [9.17, 15) is 4.79 Å². The van der Waals surface area contributed by atoms with E-state index < -0.39 is 0 Å². The smallest absolute Gasteiger partial charge is 0.167 e. The topological polar surface area (TPSA) is 38.3 Å². The van der Waals surface area contributed by atoms with Crippen LogP contribution in [0.4, 0.5) is 0 Å². The van der Waals surface area contributed by atoms with Crippen LogP contribution < -0.4 is 10.1 Å². The van der Waals surface area contributed by atoms with Crippen molar-refractivity contribution in [2.45, 2.75) is 19.4 Å². The molecule has 1 atom stereocenters. The highest BCUT2D eigenvalue weighted by atomic mass is 35.5. The molecule has 0 fully saturated rings. The van der Waals surface area contributed by atoms with Crippen LogP contribution in [0.15, 0.2) is 48.5 Å². The van der Waals surface area contributed by atoms with Crippen molar-refractivity contribution < 1.29 is 9.53 Å². The van der Waals surface area contributed by atoms with Crippen molar-refractivity contribution in [1.82, 2.24) is 5.32 Å². The van der Waals surface area contributed by atoms with Crippen LogP contribution in [0.25, 0.3) is 0 Å². The monoisotopic (exact) mass is 331 g/mol. The quantitative estimate of drug-likeness (QED) is 0.908. The van der Waals surface area contributed by atoms with Crippen LogP contribution in [0.2, 0.25) is 0 Å². The van der Waals surface area contributed by atoms with E-state index in [1.54, 1.807) is 7.11 Å². The Labute approximate surface area is 143 Å². The fourth-order valence-corrected chi connectivity index (χ4v) is 3.01. The molecule has 1 aliphatic rings. The number of fused-ring (bicyclic) bond motifs is 1. The van der Waals surface area contributed by atoms with Crippen molar-refractivity contribution >= 4 is 18.2 Å². The first kappa shape index (κ1) is 17.5. The van der Waals surface area contributed by atoms with Crippen molar-refractivity contribution in [3.63, 3.8) is 0 Å². The van der Waals surface area contributed by atoms with E-state index in [2.05, 4.69) is 17.4 Å². The summed E-state index contributed by atoms with van der Waals surface area (Å²) in [4.78, 5) is 12.6. The summed E-state index contributed by atoms with van der Waals surface area (Å²) in [5.41, 5.74) is 3.22. The van der Waals surface area contributed by atoms with E-state index in [0.717, 1.165) is 42.8 Å². The first-order chi connectivity index (χ1) is 10.8. The lowest BCUT2D eigenvalue weighted by atomic mass is 9.82. The average molecular weight is 332 g/mol. The number of carbonyl (C=O) groups is 1. The second-order valence-electron chi connectivity index (χ2n) is 5.74. The second kappa shape index (κ2) is 8.14. The van der Waals surface area contributed by atoms with Gasteiger partial charge in [-0.3, -0.25) is 4.79 Å². The van der Waals surface area contributed by atoms with Crippen molar-refractivity contribution in [2.24, 2.45) is 5.92 Å². The molecular weight excluding hydrogens is 310 g/mol. The molecule has 0 aromatic heterocycles. The van der Waals surface area contributed by atoms with Crippen molar-refractivity contribution in [3.8, 4) is 5.75 Å². The molecule has 0 saturated carbocycles. The lowest BCUT2D eigenvalue weighted by Gasteiger charge is -2.24. The molecule has 2 aromatic rings. The summed E-state index contributed by atoms with van der Waals surface area (Å²) >= 11 is 0. The predicted octanol–water partition coefficient (Wildman–Crippen LogP) is 3.65. The van der Waals surface area contributed by atoms with Crippen LogP contribution in [-0.2, 0) is 13.0 Å². The van der Waals surface area contributed by atoms with Gasteiger partial charge in [-0.15, -0.1) is 12.4 Å². The first-order valence-corrected chi connectivity index (χ1v) is 7.73. The highest BCUT2D eigenvalue weighted by Gasteiger charge is 2.27. The third-order valence-electron chi connectivity index (χ3n) is 4.27. The third kappa shape index (κ3) is 4.12. The summed E-state index contributed by atoms with van der Waals surface area (Å²) < 4.78 is 5.23. The Balaban J connectivity index is 0.00000192. The Hall–Kier alpha value is -1.84. The van der Waals surface area contributed by atoms with E-state index >= 15 is 0 Å². The van der Waals surface area contributed by atoms with Gasteiger partial charge in [0.05, 0.1) is 7.11 Å². The van der Waals surface area contributed by atoms with Gasteiger partial charge in [0.1, 0.15) is 5.75 Å². The molecule has 1 aliphatic carbocycles. The molecular formula is C19H22ClNO2. The molecule has 1 N–H and O–H groups in total. The number of nitrogens with one attached hydrogen (secondary N) is 1. The molecule has 3 nitrogen and oxygen atoms in total. The molecule has 0 spiro atoms. The zero-order valence-corrected chi connectivity index (χ0v) is 14.1. The minimum atomic E-state index is 0. The molecule has 2 aromatic carbocycles. The molecule has 122 valence electrons. The summed E-state index contributed by atoms with van der Waals surface area (Å²) in [6.07, 6.45) is 1.84. The van der Waals surface area contributed by atoms with E-state index in [4.69, 9.17) is 4.74 Å². The maximum Gasteiger partial charge on any atom is 0.167 e. The molecule has 23 heavy (non-hydrogen) atoms. The number of hydrogen-bond acceptors (Lipinski definition) is 3. The van der Waals surface area contributed by atoms with E-state index in [1.165, 1.54) is 5.56 Å². The number of hydrogen-bond donors (Lipinski definition) is 1. The number of rotatable bonds is 5.